The summed E-state index contributed by atoms with van der Waals surface area (Å²) < 4.78 is 0. The quantitative estimate of drug-likeness (QED) is 0.420. The van der Waals surface area contributed by atoms with Crippen molar-refractivity contribution < 1.29 is 0 Å². The van der Waals surface area contributed by atoms with Crippen molar-refractivity contribution in [3.63, 3.8) is 0 Å². The molecule has 0 atom stereocenters. The molecule has 14 heavy (non-hydrogen) atoms. The van der Waals surface area contributed by atoms with Crippen LogP contribution in [0.5, 0.6) is 0 Å². The van der Waals surface area contributed by atoms with Gasteiger partial charge in [-0.15, -0.1) is 18.9 Å². The Hall–Kier alpha value is -0.700. The summed E-state index contributed by atoms with van der Waals surface area (Å²) in [6.45, 7) is 16.7. The van der Waals surface area contributed by atoms with Crippen LogP contribution < -0.4 is 0 Å². The highest BCUT2D eigenvalue weighted by atomic mass is 14.1. The van der Waals surface area contributed by atoms with Crippen LogP contribution in [0.4, 0.5) is 0 Å². The Morgan fingerprint density at radius 3 is 1.50 bits per heavy atom. The summed E-state index contributed by atoms with van der Waals surface area (Å²) in [6.07, 6.45) is 9.00. The van der Waals surface area contributed by atoms with Gasteiger partial charge in [-0.1, -0.05) is 47.6 Å². The van der Waals surface area contributed by atoms with Gasteiger partial charge >= 0.3 is 0 Å². The maximum Gasteiger partial charge on any atom is 0.0135 e. The number of allylic oxidation sites excluding steroid dienone is 1. The van der Waals surface area contributed by atoms with Crippen LogP contribution in [0.3, 0.4) is 0 Å². The summed E-state index contributed by atoms with van der Waals surface area (Å²) in [5.74, 6) is 2.61. The molecule has 0 nitrogen and oxygen atoms in total. The molecule has 0 aromatic carbocycles. The molecule has 0 aromatic rings. The molecule has 0 heteroatoms. The van der Waals surface area contributed by atoms with Crippen molar-refractivity contribution in [3.8, 4) is 12.3 Å². The normalized spacial score (nSPS) is 10.9. The predicted molar refractivity (Wildman–Crippen MR) is 67.2 cm³/mol. The van der Waals surface area contributed by atoms with E-state index in [-0.39, 0.29) is 0 Å². The fourth-order valence-corrected chi connectivity index (χ4v) is 0.739. The molecule has 82 valence electrons. The van der Waals surface area contributed by atoms with E-state index in [1.807, 2.05) is 6.08 Å². The van der Waals surface area contributed by atoms with E-state index in [1.54, 1.807) is 0 Å². The third-order valence-electron chi connectivity index (χ3n) is 1.39. The molecule has 0 aliphatic heterocycles. The molecule has 0 fully saturated rings. The summed E-state index contributed by atoms with van der Waals surface area (Å²) in [6, 6.07) is 0. The fourth-order valence-electron chi connectivity index (χ4n) is 0.739. The molecule has 0 aliphatic carbocycles. The monoisotopic (exact) mass is 194 g/mol. The average Bonchev–Trinajstić information content (AvgIpc) is 1.81. The minimum Gasteiger partial charge on any atom is -0.120 e. The molecule has 0 radical (unpaired) electrons. The molecule has 0 saturated carbocycles. The number of terminal acetylenes is 1. The lowest BCUT2D eigenvalue weighted by atomic mass is 9.93. The third-order valence-corrected chi connectivity index (χ3v) is 1.39. The molecule has 0 spiro atoms. The molecule has 0 amide bonds. The Labute approximate surface area is 90.8 Å². The second-order valence-corrected chi connectivity index (χ2v) is 6.00. The van der Waals surface area contributed by atoms with E-state index in [1.165, 1.54) is 0 Å². The van der Waals surface area contributed by atoms with Crippen LogP contribution in [0, 0.1) is 23.2 Å². The van der Waals surface area contributed by atoms with Crippen LogP contribution in [-0.4, -0.2) is 0 Å². The summed E-state index contributed by atoms with van der Waals surface area (Å²) in [5, 5.41) is 0. The average molecular weight is 194 g/mol. The van der Waals surface area contributed by atoms with Crippen LogP contribution in [0.25, 0.3) is 0 Å². The van der Waals surface area contributed by atoms with Crippen molar-refractivity contribution in [1.29, 1.82) is 0 Å². The number of rotatable bonds is 1. The second kappa shape index (κ2) is 6.71. The van der Waals surface area contributed by atoms with Crippen LogP contribution in [0.2, 0.25) is 0 Å². The first-order chi connectivity index (χ1) is 6.12. The molecule has 0 N–H and O–H groups in total. The molecule has 0 heterocycles. The van der Waals surface area contributed by atoms with E-state index >= 15 is 0 Å². The maximum atomic E-state index is 5.06. The lowest BCUT2D eigenvalue weighted by Gasteiger charge is -2.13. The van der Waals surface area contributed by atoms with Gasteiger partial charge in [-0.3, -0.25) is 0 Å². The van der Waals surface area contributed by atoms with Gasteiger partial charge in [0, 0.05) is 6.42 Å². The predicted octanol–water partition coefficient (Wildman–Crippen LogP) is 4.66. The molecule has 0 saturated heterocycles. The van der Waals surface area contributed by atoms with Crippen LogP contribution >= 0.6 is 0 Å². The Kier molecular flexibility index (Phi) is 7.55. The minimum absolute atomic E-state index is 0.314. The zero-order valence-corrected chi connectivity index (χ0v) is 10.8. The Morgan fingerprint density at radius 1 is 1.07 bits per heavy atom. The topological polar surface area (TPSA) is 0 Å². The van der Waals surface area contributed by atoms with Crippen LogP contribution in [-0.2, 0) is 0 Å². The Balaban J connectivity index is 0. The Morgan fingerprint density at radius 2 is 1.50 bits per heavy atom. The standard InChI is InChI=1S/C7H14.C7H12/c2*1-5-6-7(2,3)4/h5H,1,6H2,2-4H3;1H,6H2,2-4H3. The van der Waals surface area contributed by atoms with Crippen LogP contribution in [0.1, 0.15) is 54.4 Å². The smallest absolute Gasteiger partial charge is 0.0135 e. The van der Waals surface area contributed by atoms with Gasteiger partial charge in [0.05, 0.1) is 0 Å². The third kappa shape index (κ3) is 22.5. The molecular weight excluding hydrogens is 168 g/mol. The van der Waals surface area contributed by atoms with Crippen LogP contribution in [0.15, 0.2) is 12.7 Å². The first-order valence-corrected chi connectivity index (χ1v) is 5.17. The van der Waals surface area contributed by atoms with Crippen molar-refractivity contribution in [3.05, 3.63) is 12.7 Å². The zero-order valence-electron chi connectivity index (χ0n) is 10.8. The van der Waals surface area contributed by atoms with Crippen molar-refractivity contribution in [2.75, 3.05) is 0 Å². The first-order valence-electron chi connectivity index (χ1n) is 5.17. The van der Waals surface area contributed by atoms with Gasteiger partial charge < -0.3 is 0 Å². The van der Waals surface area contributed by atoms with E-state index < -0.39 is 0 Å². The highest BCUT2D eigenvalue weighted by Gasteiger charge is 2.05. The SMILES string of the molecule is C#CCC(C)(C)C.C=CCC(C)(C)C. The number of hydrogen-bond donors (Lipinski definition) is 0. The van der Waals surface area contributed by atoms with Crippen molar-refractivity contribution >= 4 is 0 Å². The van der Waals surface area contributed by atoms with E-state index in [0.29, 0.717) is 10.8 Å². The van der Waals surface area contributed by atoms with E-state index in [2.05, 4.69) is 54.0 Å². The van der Waals surface area contributed by atoms with E-state index in [0.717, 1.165) is 12.8 Å². The maximum absolute atomic E-state index is 5.06. The number of hydrogen-bond acceptors (Lipinski definition) is 0. The van der Waals surface area contributed by atoms with E-state index in [9.17, 15) is 0 Å². The summed E-state index contributed by atoms with van der Waals surface area (Å²) in [7, 11) is 0. The Bertz CT molecular complexity index is 178. The van der Waals surface area contributed by atoms with Crippen molar-refractivity contribution in [1.82, 2.24) is 0 Å². The van der Waals surface area contributed by atoms with Gasteiger partial charge in [-0.05, 0) is 17.3 Å². The van der Waals surface area contributed by atoms with E-state index in [4.69, 9.17) is 6.42 Å². The summed E-state index contributed by atoms with van der Waals surface area (Å²) >= 11 is 0. The molecular formula is C14H26. The molecule has 0 rings (SSSR count). The van der Waals surface area contributed by atoms with Gasteiger partial charge in [0.25, 0.3) is 0 Å². The zero-order chi connectivity index (χ0) is 11.8. The molecule has 0 aliphatic rings. The van der Waals surface area contributed by atoms with Gasteiger partial charge in [0.15, 0.2) is 0 Å². The summed E-state index contributed by atoms with van der Waals surface area (Å²) in [5.41, 5.74) is 0.747. The largest absolute Gasteiger partial charge is 0.120 e. The van der Waals surface area contributed by atoms with Crippen molar-refractivity contribution in [2.24, 2.45) is 10.8 Å². The second-order valence-electron chi connectivity index (χ2n) is 6.00. The van der Waals surface area contributed by atoms with Gasteiger partial charge in [0.1, 0.15) is 0 Å². The minimum atomic E-state index is 0.314. The van der Waals surface area contributed by atoms with Gasteiger partial charge in [-0.25, -0.2) is 0 Å². The highest BCUT2D eigenvalue weighted by molar-refractivity contribution is 4.88. The lowest BCUT2D eigenvalue weighted by Crippen LogP contribution is -2.01. The highest BCUT2D eigenvalue weighted by Crippen LogP contribution is 2.17. The summed E-state index contributed by atoms with van der Waals surface area (Å²) in [4.78, 5) is 0. The molecule has 0 unspecified atom stereocenters. The van der Waals surface area contributed by atoms with Gasteiger partial charge in [0.2, 0.25) is 0 Å². The lowest BCUT2D eigenvalue weighted by molar-refractivity contribution is 0.421. The fraction of sp³-hybridized carbons (Fsp3) is 0.714. The molecule has 0 bridgehead atoms. The van der Waals surface area contributed by atoms with Crippen molar-refractivity contribution in [2.45, 2.75) is 54.4 Å². The molecule has 0 aromatic heterocycles. The van der Waals surface area contributed by atoms with Gasteiger partial charge in [-0.2, -0.15) is 0 Å². The first kappa shape index (κ1) is 15.8.